The van der Waals surface area contributed by atoms with Gasteiger partial charge in [0, 0.05) is 0 Å². The number of hydrogen-bond acceptors (Lipinski definition) is 2. The molecule has 0 aliphatic rings. The SMILES string of the molecule is Cc1cccc(O[C]=S)c1. The van der Waals surface area contributed by atoms with E-state index in [1.165, 1.54) is 0 Å². The number of thiocarbonyl (C=S) groups is 1. The van der Waals surface area contributed by atoms with Gasteiger partial charge in [-0.05, 0) is 36.8 Å². The molecule has 0 bridgehead atoms. The van der Waals surface area contributed by atoms with Gasteiger partial charge in [-0.2, -0.15) is 0 Å². The van der Waals surface area contributed by atoms with Crippen molar-refractivity contribution in [1.29, 1.82) is 0 Å². The highest BCUT2D eigenvalue weighted by molar-refractivity contribution is 7.78. The lowest BCUT2D eigenvalue weighted by Crippen LogP contribution is -1.85. The van der Waals surface area contributed by atoms with Crippen LogP contribution < -0.4 is 4.74 Å². The second kappa shape index (κ2) is 3.32. The van der Waals surface area contributed by atoms with Gasteiger partial charge in [0.1, 0.15) is 5.75 Å². The molecule has 1 radical (unpaired) electrons. The molecule has 0 atom stereocenters. The largest absolute Gasteiger partial charge is 0.441 e. The Morgan fingerprint density at radius 3 is 2.90 bits per heavy atom. The van der Waals surface area contributed by atoms with Crippen LogP contribution in [0.15, 0.2) is 24.3 Å². The van der Waals surface area contributed by atoms with E-state index in [1.54, 1.807) is 0 Å². The van der Waals surface area contributed by atoms with Crippen LogP contribution in [-0.2, 0) is 0 Å². The Hall–Kier alpha value is -0.890. The summed E-state index contributed by atoms with van der Waals surface area (Å²) in [4.78, 5) is 0. The predicted octanol–water partition coefficient (Wildman–Crippen LogP) is 2.21. The van der Waals surface area contributed by atoms with Gasteiger partial charge < -0.3 is 4.74 Å². The summed E-state index contributed by atoms with van der Waals surface area (Å²) < 4.78 is 4.85. The summed E-state index contributed by atoms with van der Waals surface area (Å²) in [6.07, 6.45) is 0. The van der Waals surface area contributed by atoms with E-state index in [0.717, 1.165) is 11.3 Å². The van der Waals surface area contributed by atoms with E-state index < -0.39 is 0 Å². The molecule has 0 spiro atoms. The third kappa shape index (κ3) is 1.81. The van der Waals surface area contributed by atoms with Gasteiger partial charge in [-0.15, -0.1) is 0 Å². The fourth-order valence-corrected chi connectivity index (χ4v) is 0.823. The Morgan fingerprint density at radius 2 is 2.30 bits per heavy atom. The Kier molecular flexibility index (Phi) is 2.40. The van der Waals surface area contributed by atoms with Crippen molar-refractivity contribution in [3.05, 3.63) is 29.8 Å². The minimum Gasteiger partial charge on any atom is -0.441 e. The highest BCUT2D eigenvalue weighted by Crippen LogP contribution is 2.10. The molecule has 0 aromatic heterocycles. The summed E-state index contributed by atoms with van der Waals surface area (Å²) in [5, 5.41) is 0. The predicted molar refractivity (Wildman–Crippen MR) is 44.4 cm³/mol. The first kappa shape index (κ1) is 7.22. The molecule has 51 valence electrons. The highest BCUT2D eigenvalue weighted by atomic mass is 32.1. The molecular weight excluding hydrogens is 144 g/mol. The Balaban J connectivity index is 2.84. The van der Waals surface area contributed by atoms with E-state index >= 15 is 0 Å². The molecule has 0 aliphatic carbocycles. The quantitative estimate of drug-likeness (QED) is 0.599. The van der Waals surface area contributed by atoms with Gasteiger partial charge in [-0.3, -0.25) is 0 Å². The van der Waals surface area contributed by atoms with Crippen LogP contribution >= 0.6 is 12.2 Å². The summed E-state index contributed by atoms with van der Waals surface area (Å²) in [7, 11) is 0. The minimum atomic E-state index is 0.745. The Bertz CT molecular complexity index is 232. The first-order valence-electron chi connectivity index (χ1n) is 2.93. The molecule has 0 saturated carbocycles. The summed E-state index contributed by atoms with van der Waals surface area (Å²) in [6.45, 7) is 2.00. The van der Waals surface area contributed by atoms with Crippen molar-refractivity contribution in [2.75, 3.05) is 0 Å². The molecular formula is C8H7OS. The van der Waals surface area contributed by atoms with Crippen molar-refractivity contribution in [3.8, 4) is 5.75 Å². The molecule has 1 rings (SSSR count). The summed E-state index contributed by atoms with van der Waals surface area (Å²) in [5.41, 5.74) is 3.35. The molecule has 0 saturated heterocycles. The number of rotatable bonds is 2. The number of aryl methyl sites for hydroxylation is 1. The fraction of sp³-hybridized carbons (Fsp3) is 0.125. The van der Waals surface area contributed by atoms with E-state index in [9.17, 15) is 0 Å². The van der Waals surface area contributed by atoms with Crippen LogP contribution in [0.4, 0.5) is 0 Å². The van der Waals surface area contributed by atoms with Crippen LogP contribution in [0.2, 0.25) is 0 Å². The molecule has 1 nitrogen and oxygen atoms in total. The normalized spacial score (nSPS) is 8.90. The zero-order valence-corrected chi connectivity index (χ0v) is 6.44. The second-order valence-corrected chi connectivity index (χ2v) is 2.17. The Morgan fingerprint density at radius 1 is 1.50 bits per heavy atom. The lowest BCUT2D eigenvalue weighted by molar-refractivity contribution is 0.585. The fourth-order valence-electron chi connectivity index (χ4n) is 0.727. The first-order chi connectivity index (χ1) is 4.83. The van der Waals surface area contributed by atoms with Gasteiger partial charge in [-0.1, -0.05) is 12.1 Å². The maximum Gasteiger partial charge on any atom is 0.245 e. The van der Waals surface area contributed by atoms with Gasteiger partial charge in [0.2, 0.25) is 5.55 Å². The van der Waals surface area contributed by atoms with Crippen LogP contribution in [0.3, 0.4) is 0 Å². The lowest BCUT2D eigenvalue weighted by Gasteiger charge is -1.96. The lowest BCUT2D eigenvalue weighted by atomic mass is 10.2. The van der Waals surface area contributed by atoms with E-state index in [0.29, 0.717) is 0 Å². The molecule has 2 heteroatoms. The number of benzene rings is 1. The Labute approximate surface area is 65.6 Å². The van der Waals surface area contributed by atoms with Crippen LogP contribution in [0, 0.1) is 6.92 Å². The van der Waals surface area contributed by atoms with Crippen molar-refractivity contribution in [2.24, 2.45) is 0 Å². The maximum absolute atomic E-state index is 4.85. The third-order valence-corrected chi connectivity index (χ3v) is 1.23. The minimum absolute atomic E-state index is 0.745. The molecule has 0 heterocycles. The number of ether oxygens (including phenoxy) is 1. The molecule has 0 amide bonds. The van der Waals surface area contributed by atoms with Gasteiger partial charge >= 0.3 is 0 Å². The van der Waals surface area contributed by atoms with Crippen LogP contribution in [0.25, 0.3) is 0 Å². The van der Waals surface area contributed by atoms with E-state index in [4.69, 9.17) is 4.74 Å². The number of hydrogen-bond donors (Lipinski definition) is 0. The molecule has 0 aliphatic heterocycles. The van der Waals surface area contributed by atoms with Crippen LogP contribution in [-0.4, -0.2) is 5.55 Å². The second-order valence-electron chi connectivity index (χ2n) is 2.00. The van der Waals surface area contributed by atoms with E-state index in [1.807, 2.05) is 31.2 Å². The molecule has 1 aromatic carbocycles. The zero-order valence-electron chi connectivity index (χ0n) is 5.63. The monoisotopic (exact) mass is 151 g/mol. The van der Waals surface area contributed by atoms with Crippen LogP contribution in [0.1, 0.15) is 5.56 Å². The summed E-state index contributed by atoms with van der Waals surface area (Å²) in [6, 6.07) is 7.65. The maximum atomic E-state index is 4.85. The standard InChI is InChI=1S/C8H7OS/c1-7-3-2-4-8(5-7)9-6-10/h2-5H,1H3. The van der Waals surface area contributed by atoms with Crippen molar-refractivity contribution in [2.45, 2.75) is 6.92 Å². The average Bonchev–Trinajstić information content (AvgIpc) is 1.88. The summed E-state index contributed by atoms with van der Waals surface area (Å²) >= 11 is 4.41. The van der Waals surface area contributed by atoms with Crippen molar-refractivity contribution in [3.63, 3.8) is 0 Å². The molecule has 0 N–H and O–H groups in total. The highest BCUT2D eigenvalue weighted by Gasteiger charge is 1.89. The van der Waals surface area contributed by atoms with Crippen molar-refractivity contribution in [1.82, 2.24) is 0 Å². The zero-order chi connectivity index (χ0) is 7.40. The molecule has 10 heavy (non-hydrogen) atoms. The van der Waals surface area contributed by atoms with E-state index in [-0.39, 0.29) is 0 Å². The average molecular weight is 151 g/mol. The van der Waals surface area contributed by atoms with Crippen molar-refractivity contribution < 1.29 is 4.74 Å². The van der Waals surface area contributed by atoms with E-state index in [2.05, 4.69) is 17.8 Å². The summed E-state index contributed by atoms with van der Waals surface area (Å²) in [5.74, 6) is 0.745. The third-order valence-electron chi connectivity index (χ3n) is 1.15. The van der Waals surface area contributed by atoms with Gasteiger partial charge in [-0.25, -0.2) is 0 Å². The smallest absolute Gasteiger partial charge is 0.245 e. The topological polar surface area (TPSA) is 9.23 Å². The van der Waals surface area contributed by atoms with Gasteiger partial charge in [0.05, 0.1) is 0 Å². The molecule has 0 unspecified atom stereocenters. The first-order valence-corrected chi connectivity index (χ1v) is 3.34. The van der Waals surface area contributed by atoms with Crippen molar-refractivity contribution >= 4 is 17.8 Å². The molecule has 0 fully saturated rings. The van der Waals surface area contributed by atoms with Gasteiger partial charge in [0.25, 0.3) is 0 Å². The van der Waals surface area contributed by atoms with Crippen LogP contribution in [0.5, 0.6) is 5.75 Å². The molecule has 1 aromatic rings. The van der Waals surface area contributed by atoms with Gasteiger partial charge in [0.15, 0.2) is 0 Å².